The number of anilines is 1. The number of amides is 1. The van der Waals surface area contributed by atoms with Crippen molar-refractivity contribution in [3.05, 3.63) is 83.2 Å². The van der Waals surface area contributed by atoms with Crippen LogP contribution in [0.15, 0.2) is 60.8 Å². The van der Waals surface area contributed by atoms with Gasteiger partial charge in [-0.15, -0.1) is 0 Å². The van der Waals surface area contributed by atoms with E-state index >= 15 is 0 Å². The van der Waals surface area contributed by atoms with Crippen molar-refractivity contribution in [1.29, 1.82) is 0 Å². The second-order valence-electron chi connectivity index (χ2n) is 6.69. The Kier molecular flexibility index (Phi) is 4.20. The van der Waals surface area contributed by atoms with Crippen molar-refractivity contribution >= 4 is 22.6 Å². The minimum atomic E-state index is -0.216. The van der Waals surface area contributed by atoms with Crippen molar-refractivity contribution in [3.8, 4) is 5.69 Å². The minimum Gasteiger partial charge on any atom is -0.306 e. The molecule has 5 heteroatoms. The van der Waals surface area contributed by atoms with Crippen molar-refractivity contribution in [3.63, 3.8) is 0 Å². The van der Waals surface area contributed by atoms with Gasteiger partial charge in [-0.1, -0.05) is 30.3 Å². The zero-order chi connectivity index (χ0) is 19.0. The quantitative estimate of drug-likeness (QED) is 0.584. The molecule has 2 aromatic carbocycles. The highest BCUT2D eigenvalue weighted by Gasteiger charge is 2.17. The van der Waals surface area contributed by atoms with Gasteiger partial charge in [0, 0.05) is 5.39 Å². The van der Waals surface area contributed by atoms with Crippen molar-refractivity contribution in [2.75, 3.05) is 5.32 Å². The van der Waals surface area contributed by atoms with Gasteiger partial charge in [-0.05, 0) is 56.2 Å². The van der Waals surface area contributed by atoms with Gasteiger partial charge in [0.2, 0.25) is 0 Å². The Bertz CT molecular complexity index is 1160. The van der Waals surface area contributed by atoms with Crippen LogP contribution in [0.5, 0.6) is 0 Å². The maximum atomic E-state index is 12.8. The average molecular weight is 356 g/mol. The number of carbonyl (C=O) groups excluding carboxylic acids is 1. The van der Waals surface area contributed by atoms with Crippen LogP contribution in [0.2, 0.25) is 0 Å². The summed E-state index contributed by atoms with van der Waals surface area (Å²) in [5, 5.41) is 8.35. The van der Waals surface area contributed by atoms with Crippen LogP contribution in [0, 0.1) is 20.8 Å². The second kappa shape index (κ2) is 6.68. The summed E-state index contributed by atoms with van der Waals surface area (Å²) in [5.41, 5.74) is 5.41. The summed E-state index contributed by atoms with van der Waals surface area (Å²) in [5.74, 6) is 0.310. The molecule has 0 bridgehead atoms. The molecular formula is C22H20N4O. The van der Waals surface area contributed by atoms with Crippen LogP contribution in [-0.4, -0.2) is 20.7 Å². The Morgan fingerprint density at radius 2 is 1.81 bits per heavy atom. The highest BCUT2D eigenvalue weighted by atomic mass is 16.1. The van der Waals surface area contributed by atoms with Gasteiger partial charge < -0.3 is 5.32 Å². The van der Waals surface area contributed by atoms with Crippen molar-refractivity contribution in [2.45, 2.75) is 20.8 Å². The molecule has 4 aromatic rings. The number of nitrogens with one attached hydrogen (secondary N) is 1. The molecule has 27 heavy (non-hydrogen) atoms. The highest BCUT2D eigenvalue weighted by molar-refractivity contribution is 6.04. The number of benzene rings is 2. The summed E-state index contributed by atoms with van der Waals surface area (Å²) in [4.78, 5) is 17.3. The van der Waals surface area contributed by atoms with Crippen LogP contribution in [-0.2, 0) is 0 Å². The lowest BCUT2D eigenvalue weighted by atomic mass is 10.1. The van der Waals surface area contributed by atoms with Gasteiger partial charge in [-0.3, -0.25) is 4.79 Å². The lowest BCUT2D eigenvalue weighted by Crippen LogP contribution is -2.14. The topological polar surface area (TPSA) is 59.8 Å². The Morgan fingerprint density at radius 1 is 1.00 bits per heavy atom. The smallest absolute Gasteiger partial charge is 0.260 e. The van der Waals surface area contributed by atoms with E-state index in [1.165, 1.54) is 0 Å². The molecule has 1 amide bonds. The summed E-state index contributed by atoms with van der Waals surface area (Å²) < 4.78 is 1.81. The van der Waals surface area contributed by atoms with Crippen LogP contribution in [0.3, 0.4) is 0 Å². The number of hydrogen-bond acceptors (Lipinski definition) is 3. The molecule has 1 N–H and O–H groups in total. The molecule has 0 atom stereocenters. The van der Waals surface area contributed by atoms with Crippen molar-refractivity contribution in [2.24, 2.45) is 0 Å². The molecule has 2 heterocycles. The maximum absolute atomic E-state index is 12.8. The third-order valence-electron chi connectivity index (χ3n) is 4.69. The van der Waals surface area contributed by atoms with Gasteiger partial charge >= 0.3 is 0 Å². The first-order chi connectivity index (χ1) is 13.0. The zero-order valence-corrected chi connectivity index (χ0v) is 15.5. The molecule has 0 saturated carbocycles. The summed E-state index contributed by atoms with van der Waals surface area (Å²) in [6.45, 7) is 5.98. The molecule has 134 valence electrons. The zero-order valence-electron chi connectivity index (χ0n) is 15.5. The number of aryl methyl sites for hydroxylation is 2. The molecule has 0 aliphatic rings. The molecule has 0 saturated heterocycles. The van der Waals surface area contributed by atoms with Gasteiger partial charge in [-0.25, -0.2) is 9.67 Å². The first-order valence-corrected chi connectivity index (χ1v) is 8.82. The van der Waals surface area contributed by atoms with Crippen LogP contribution < -0.4 is 5.32 Å². The van der Waals surface area contributed by atoms with Crippen molar-refractivity contribution < 1.29 is 4.79 Å². The molecule has 2 aromatic heterocycles. The van der Waals surface area contributed by atoms with E-state index in [1.54, 1.807) is 6.20 Å². The number of hydrogen-bond donors (Lipinski definition) is 1. The summed E-state index contributed by atoms with van der Waals surface area (Å²) in [6.07, 6.45) is 1.60. The minimum absolute atomic E-state index is 0.216. The Morgan fingerprint density at radius 3 is 2.67 bits per heavy atom. The fourth-order valence-electron chi connectivity index (χ4n) is 3.14. The Balaban J connectivity index is 1.64. The summed E-state index contributed by atoms with van der Waals surface area (Å²) in [7, 11) is 0. The fraction of sp³-hybridized carbons (Fsp3) is 0.136. The van der Waals surface area contributed by atoms with Crippen LogP contribution in [0.1, 0.15) is 27.2 Å². The highest BCUT2D eigenvalue weighted by Crippen LogP contribution is 2.20. The molecule has 5 nitrogen and oxygen atoms in total. The van der Waals surface area contributed by atoms with Gasteiger partial charge in [0.25, 0.3) is 5.91 Å². The number of pyridine rings is 1. The third-order valence-corrected chi connectivity index (χ3v) is 4.69. The van der Waals surface area contributed by atoms with E-state index in [9.17, 15) is 4.79 Å². The molecule has 0 aliphatic carbocycles. The molecule has 4 rings (SSSR count). The summed E-state index contributed by atoms with van der Waals surface area (Å²) >= 11 is 0. The van der Waals surface area contributed by atoms with E-state index < -0.39 is 0 Å². The van der Waals surface area contributed by atoms with E-state index in [0.717, 1.165) is 33.4 Å². The van der Waals surface area contributed by atoms with Gasteiger partial charge in [-0.2, -0.15) is 5.10 Å². The molecule has 0 aliphatic heterocycles. The number of rotatable bonds is 3. The second-order valence-corrected chi connectivity index (χ2v) is 6.69. The lowest BCUT2D eigenvalue weighted by molar-refractivity contribution is 0.102. The van der Waals surface area contributed by atoms with Crippen LogP contribution in [0.4, 0.5) is 5.82 Å². The number of para-hydroxylation sites is 1. The first kappa shape index (κ1) is 17.0. The predicted octanol–water partition coefficient (Wildman–Crippen LogP) is 4.60. The van der Waals surface area contributed by atoms with Gasteiger partial charge in [0.1, 0.15) is 5.82 Å². The van der Waals surface area contributed by atoms with Crippen molar-refractivity contribution in [1.82, 2.24) is 14.8 Å². The average Bonchev–Trinajstić information content (AvgIpc) is 3.05. The predicted molar refractivity (Wildman–Crippen MR) is 107 cm³/mol. The number of aromatic nitrogens is 3. The van der Waals surface area contributed by atoms with E-state index in [4.69, 9.17) is 0 Å². The first-order valence-electron chi connectivity index (χ1n) is 8.82. The fourth-order valence-corrected chi connectivity index (χ4v) is 3.14. The lowest BCUT2D eigenvalue weighted by Gasteiger charge is -2.10. The summed E-state index contributed by atoms with van der Waals surface area (Å²) in [6, 6.07) is 17.8. The van der Waals surface area contributed by atoms with E-state index in [2.05, 4.69) is 33.6 Å². The van der Waals surface area contributed by atoms with Crippen LogP contribution in [0.25, 0.3) is 16.6 Å². The van der Waals surface area contributed by atoms with Crippen LogP contribution >= 0.6 is 0 Å². The number of fused-ring (bicyclic) bond motifs is 1. The molecule has 0 spiro atoms. The molecule has 0 fully saturated rings. The maximum Gasteiger partial charge on any atom is 0.260 e. The van der Waals surface area contributed by atoms with E-state index in [-0.39, 0.29) is 5.91 Å². The van der Waals surface area contributed by atoms with E-state index in [0.29, 0.717) is 11.4 Å². The Hall–Kier alpha value is -3.47. The standard InChI is InChI=1S/C22H20N4O/c1-14-8-9-15(2)20(12-14)26-16(3)18(13-23-26)22(27)25-21-11-10-17-6-4-5-7-19(17)24-21/h4-13H,1-3H3,(H,24,25,27). The largest absolute Gasteiger partial charge is 0.306 e. The number of nitrogens with zero attached hydrogens (tertiary/aromatic N) is 3. The molecule has 0 radical (unpaired) electrons. The van der Waals surface area contributed by atoms with Gasteiger partial charge in [0.15, 0.2) is 0 Å². The van der Waals surface area contributed by atoms with E-state index in [1.807, 2.05) is 61.9 Å². The molecule has 0 unspecified atom stereocenters. The Labute approximate surface area is 157 Å². The monoisotopic (exact) mass is 356 g/mol. The normalized spacial score (nSPS) is 10.9. The van der Waals surface area contributed by atoms with Gasteiger partial charge in [0.05, 0.1) is 28.7 Å². The third kappa shape index (κ3) is 3.19. The SMILES string of the molecule is Cc1ccc(C)c(-n2ncc(C(=O)Nc3ccc4ccccc4n3)c2C)c1. The molecular weight excluding hydrogens is 336 g/mol. The number of carbonyl (C=O) groups is 1.